The molecule has 92 valence electrons. The maximum atomic E-state index is 11.9. The molecule has 17 heavy (non-hydrogen) atoms. The van der Waals surface area contributed by atoms with Crippen LogP contribution >= 0.6 is 0 Å². The number of hydrogen-bond acceptors (Lipinski definition) is 4. The van der Waals surface area contributed by atoms with Crippen molar-refractivity contribution >= 4 is 11.6 Å². The number of nitrogens with zero attached hydrogens (tertiary/aromatic N) is 2. The van der Waals surface area contributed by atoms with Gasteiger partial charge in [-0.05, 0) is 12.8 Å². The Kier molecular flexibility index (Phi) is 3.10. The largest absolute Gasteiger partial charge is 0.391 e. The molecule has 1 atom stereocenters. The van der Waals surface area contributed by atoms with Crippen molar-refractivity contribution in [2.24, 2.45) is 0 Å². The van der Waals surface area contributed by atoms with Crippen LogP contribution in [-0.2, 0) is 0 Å². The van der Waals surface area contributed by atoms with Crippen molar-refractivity contribution in [1.82, 2.24) is 9.88 Å². The van der Waals surface area contributed by atoms with Gasteiger partial charge in [-0.1, -0.05) is 0 Å². The van der Waals surface area contributed by atoms with Gasteiger partial charge < -0.3 is 15.0 Å². The molecule has 1 aliphatic heterocycles. The molecule has 0 radical (unpaired) electrons. The summed E-state index contributed by atoms with van der Waals surface area (Å²) < 4.78 is 0. The van der Waals surface area contributed by atoms with Gasteiger partial charge in [-0.15, -0.1) is 0 Å². The standard InChI is InChI=1S/C10H13N3O4/c14-8-2-1-3-12(6-8)10(15)9-4-7(5-11-9)13(16)17/h4-5,8,11,14H,1-3,6H2/t8-/m0/s1. The number of β-amino-alcohol motifs (C(OH)–C–C–N with tert-alkyl or cyclic N) is 1. The molecule has 1 fully saturated rings. The number of nitro groups is 1. The number of rotatable bonds is 2. The van der Waals surface area contributed by atoms with Crippen molar-refractivity contribution in [3.8, 4) is 0 Å². The summed E-state index contributed by atoms with van der Waals surface area (Å²) in [6.07, 6.45) is 2.12. The molecule has 2 rings (SSSR count). The Balaban J connectivity index is 2.10. The zero-order valence-electron chi connectivity index (χ0n) is 9.13. The van der Waals surface area contributed by atoms with E-state index in [1.165, 1.54) is 17.2 Å². The van der Waals surface area contributed by atoms with Crippen LogP contribution < -0.4 is 0 Å². The fourth-order valence-corrected chi connectivity index (χ4v) is 1.92. The highest BCUT2D eigenvalue weighted by Crippen LogP contribution is 2.17. The summed E-state index contributed by atoms with van der Waals surface area (Å²) in [4.78, 5) is 26.0. The van der Waals surface area contributed by atoms with Gasteiger partial charge in [-0.2, -0.15) is 0 Å². The van der Waals surface area contributed by atoms with Crippen LogP contribution in [0.15, 0.2) is 12.3 Å². The van der Waals surface area contributed by atoms with Crippen LogP contribution in [0.5, 0.6) is 0 Å². The summed E-state index contributed by atoms with van der Waals surface area (Å²) in [6, 6.07) is 1.21. The Bertz CT molecular complexity index is 443. The molecule has 1 aromatic rings. The van der Waals surface area contributed by atoms with Gasteiger partial charge >= 0.3 is 0 Å². The average molecular weight is 239 g/mol. The van der Waals surface area contributed by atoms with E-state index in [4.69, 9.17) is 0 Å². The fourth-order valence-electron chi connectivity index (χ4n) is 1.92. The molecular formula is C10H13N3O4. The van der Waals surface area contributed by atoms with Gasteiger partial charge in [0.1, 0.15) is 5.69 Å². The normalized spacial score (nSPS) is 20.3. The quantitative estimate of drug-likeness (QED) is 0.580. The Morgan fingerprint density at radius 1 is 1.65 bits per heavy atom. The van der Waals surface area contributed by atoms with Crippen molar-refractivity contribution in [3.05, 3.63) is 28.1 Å². The summed E-state index contributed by atoms with van der Waals surface area (Å²) in [6.45, 7) is 0.856. The lowest BCUT2D eigenvalue weighted by atomic mass is 10.1. The number of likely N-dealkylation sites (tertiary alicyclic amines) is 1. The molecule has 1 aromatic heterocycles. The van der Waals surface area contributed by atoms with Crippen molar-refractivity contribution in [2.75, 3.05) is 13.1 Å². The lowest BCUT2D eigenvalue weighted by Gasteiger charge is -2.29. The first-order valence-electron chi connectivity index (χ1n) is 5.38. The van der Waals surface area contributed by atoms with E-state index in [1.807, 2.05) is 0 Å². The molecule has 0 aliphatic carbocycles. The van der Waals surface area contributed by atoms with Crippen LogP contribution in [0.4, 0.5) is 5.69 Å². The number of amides is 1. The number of nitrogens with one attached hydrogen (secondary N) is 1. The molecule has 0 unspecified atom stereocenters. The molecule has 1 saturated heterocycles. The predicted octanol–water partition coefficient (Wildman–Crippen LogP) is 0.520. The number of carbonyl (C=O) groups is 1. The van der Waals surface area contributed by atoms with E-state index in [-0.39, 0.29) is 23.8 Å². The van der Waals surface area contributed by atoms with Gasteiger partial charge in [-0.3, -0.25) is 14.9 Å². The van der Waals surface area contributed by atoms with Crippen LogP contribution in [0.2, 0.25) is 0 Å². The first-order chi connectivity index (χ1) is 8.08. The van der Waals surface area contributed by atoms with Gasteiger partial charge in [0.05, 0.1) is 17.2 Å². The van der Waals surface area contributed by atoms with Gasteiger partial charge in [0, 0.05) is 19.2 Å². The monoisotopic (exact) mass is 239 g/mol. The third-order valence-corrected chi connectivity index (χ3v) is 2.79. The molecule has 0 bridgehead atoms. The number of H-pyrrole nitrogens is 1. The van der Waals surface area contributed by atoms with Crippen LogP contribution in [0.25, 0.3) is 0 Å². The van der Waals surface area contributed by atoms with Crippen molar-refractivity contribution in [3.63, 3.8) is 0 Å². The van der Waals surface area contributed by atoms with Crippen molar-refractivity contribution in [1.29, 1.82) is 0 Å². The number of aliphatic hydroxyl groups excluding tert-OH is 1. The van der Waals surface area contributed by atoms with Gasteiger partial charge in [0.25, 0.3) is 11.6 Å². The maximum absolute atomic E-state index is 11.9. The van der Waals surface area contributed by atoms with Crippen molar-refractivity contribution < 1.29 is 14.8 Å². The number of aromatic amines is 1. The minimum atomic E-state index is -0.557. The molecule has 0 aromatic carbocycles. The fraction of sp³-hybridized carbons (Fsp3) is 0.500. The molecule has 7 nitrogen and oxygen atoms in total. The molecule has 0 saturated carbocycles. The Labute approximate surface area is 97.2 Å². The van der Waals surface area contributed by atoms with E-state index in [1.54, 1.807) is 0 Å². The maximum Gasteiger partial charge on any atom is 0.287 e. The van der Waals surface area contributed by atoms with E-state index >= 15 is 0 Å². The van der Waals surface area contributed by atoms with E-state index in [9.17, 15) is 20.0 Å². The van der Waals surface area contributed by atoms with E-state index in [0.29, 0.717) is 13.0 Å². The molecule has 2 N–H and O–H groups in total. The van der Waals surface area contributed by atoms with Crippen molar-refractivity contribution in [2.45, 2.75) is 18.9 Å². The Morgan fingerprint density at radius 3 is 3.00 bits per heavy atom. The van der Waals surface area contributed by atoms with Crippen LogP contribution in [0, 0.1) is 10.1 Å². The number of hydrogen-bond donors (Lipinski definition) is 2. The van der Waals surface area contributed by atoms with E-state index in [0.717, 1.165) is 6.42 Å². The smallest absolute Gasteiger partial charge is 0.287 e. The highest BCUT2D eigenvalue weighted by molar-refractivity contribution is 5.93. The first-order valence-corrected chi connectivity index (χ1v) is 5.38. The predicted molar refractivity (Wildman–Crippen MR) is 58.6 cm³/mol. The second-order valence-corrected chi connectivity index (χ2v) is 4.08. The summed E-state index contributed by atoms with van der Waals surface area (Å²) >= 11 is 0. The summed E-state index contributed by atoms with van der Waals surface area (Å²) in [5.74, 6) is -0.308. The number of aromatic nitrogens is 1. The average Bonchev–Trinajstić information content (AvgIpc) is 2.77. The lowest BCUT2D eigenvalue weighted by molar-refractivity contribution is -0.384. The second-order valence-electron chi connectivity index (χ2n) is 4.08. The summed E-state index contributed by atoms with van der Waals surface area (Å²) in [7, 11) is 0. The molecule has 0 spiro atoms. The van der Waals surface area contributed by atoms with Gasteiger partial charge in [0.2, 0.25) is 0 Å². The minimum Gasteiger partial charge on any atom is -0.391 e. The van der Waals surface area contributed by atoms with Crippen LogP contribution in [-0.4, -0.2) is 45.0 Å². The molecular weight excluding hydrogens is 226 g/mol. The third-order valence-electron chi connectivity index (χ3n) is 2.79. The minimum absolute atomic E-state index is 0.133. The zero-order valence-corrected chi connectivity index (χ0v) is 9.13. The topological polar surface area (TPSA) is 99.5 Å². The highest BCUT2D eigenvalue weighted by atomic mass is 16.6. The Morgan fingerprint density at radius 2 is 2.41 bits per heavy atom. The molecule has 2 heterocycles. The lowest BCUT2D eigenvalue weighted by Crippen LogP contribution is -2.42. The second kappa shape index (κ2) is 4.54. The molecule has 1 aliphatic rings. The number of aliphatic hydroxyl groups is 1. The third kappa shape index (κ3) is 2.44. The van der Waals surface area contributed by atoms with Crippen LogP contribution in [0.3, 0.4) is 0 Å². The molecule has 7 heteroatoms. The number of piperidine rings is 1. The zero-order chi connectivity index (χ0) is 12.4. The van der Waals surface area contributed by atoms with Gasteiger partial charge in [0.15, 0.2) is 0 Å². The highest BCUT2D eigenvalue weighted by Gasteiger charge is 2.25. The Hall–Kier alpha value is -1.89. The van der Waals surface area contributed by atoms with Crippen LogP contribution in [0.1, 0.15) is 23.3 Å². The summed E-state index contributed by atoms with van der Waals surface area (Å²) in [5.41, 5.74) is 0.0525. The van der Waals surface area contributed by atoms with E-state index < -0.39 is 11.0 Å². The first kappa shape index (κ1) is 11.6. The van der Waals surface area contributed by atoms with E-state index in [2.05, 4.69) is 4.98 Å². The SMILES string of the molecule is O=C(c1cc([N+](=O)[O-])c[nH]1)N1CCC[C@H](O)C1. The summed E-state index contributed by atoms with van der Waals surface area (Å²) in [5, 5.41) is 19.9. The molecule has 1 amide bonds. The number of carbonyl (C=O) groups excluding carboxylic acids is 1. The van der Waals surface area contributed by atoms with Gasteiger partial charge in [-0.25, -0.2) is 0 Å².